The summed E-state index contributed by atoms with van der Waals surface area (Å²) in [5.41, 5.74) is 4.96. The summed E-state index contributed by atoms with van der Waals surface area (Å²) in [5, 5.41) is 12.8. The summed E-state index contributed by atoms with van der Waals surface area (Å²) in [7, 11) is 0. The zero-order valence-electron chi connectivity index (χ0n) is 8.32. The molecule has 0 saturated heterocycles. The molecule has 7 heteroatoms. The Hall–Kier alpha value is -1.76. The number of nitrogens with zero attached hydrogens (tertiary/aromatic N) is 1. The van der Waals surface area contributed by atoms with Crippen LogP contribution in [0, 0.1) is 10.1 Å². The fourth-order valence-corrected chi connectivity index (χ4v) is 1.03. The summed E-state index contributed by atoms with van der Waals surface area (Å²) >= 11 is 0. The lowest BCUT2D eigenvalue weighted by Gasteiger charge is -2.15. The van der Waals surface area contributed by atoms with E-state index in [1.807, 2.05) is 0 Å². The molecule has 0 spiro atoms. The first-order chi connectivity index (χ1) is 7.44. The Labute approximate surface area is 90.4 Å². The summed E-state index contributed by atoms with van der Waals surface area (Å²) < 4.78 is 25.6. The predicted octanol–water partition coefficient (Wildman–Crippen LogP) is 1.60. The van der Waals surface area contributed by atoms with Crippen LogP contribution < -0.4 is 11.1 Å². The van der Waals surface area contributed by atoms with Gasteiger partial charge >= 0.3 is 0 Å². The maximum Gasteiger partial charge on any atom is 0.276 e. The SMILES string of the molecule is NCC(F)(F)CNc1cccc([N+](=O)[O-])c1. The van der Waals surface area contributed by atoms with Crippen molar-refractivity contribution in [1.29, 1.82) is 0 Å². The van der Waals surface area contributed by atoms with Crippen LogP contribution in [0.15, 0.2) is 24.3 Å². The minimum absolute atomic E-state index is 0.152. The molecule has 0 aromatic heterocycles. The third-order valence-electron chi connectivity index (χ3n) is 1.91. The van der Waals surface area contributed by atoms with Crippen LogP contribution in [0.4, 0.5) is 20.2 Å². The minimum atomic E-state index is -3.02. The molecule has 1 rings (SSSR count). The zero-order valence-corrected chi connectivity index (χ0v) is 8.32. The van der Waals surface area contributed by atoms with E-state index in [9.17, 15) is 18.9 Å². The van der Waals surface area contributed by atoms with E-state index >= 15 is 0 Å². The molecule has 1 aromatic carbocycles. The number of nitro groups is 1. The number of nitrogens with one attached hydrogen (secondary N) is 1. The molecule has 0 fully saturated rings. The summed E-state index contributed by atoms with van der Waals surface area (Å²) in [6.45, 7) is -1.42. The van der Waals surface area contributed by atoms with Gasteiger partial charge in [-0.05, 0) is 6.07 Å². The van der Waals surface area contributed by atoms with Crippen molar-refractivity contribution in [3.8, 4) is 0 Å². The van der Waals surface area contributed by atoms with E-state index in [0.717, 1.165) is 0 Å². The van der Waals surface area contributed by atoms with E-state index in [-0.39, 0.29) is 11.4 Å². The zero-order chi connectivity index (χ0) is 12.2. The fraction of sp³-hybridized carbons (Fsp3) is 0.333. The molecule has 0 saturated carbocycles. The second-order valence-corrected chi connectivity index (χ2v) is 3.22. The molecule has 0 aliphatic carbocycles. The van der Waals surface area contributed by atoms with Crippen molar-refractivity contribution in [3.63, 3.8) is 0 Å². The number of nitrogens with two attached hydrogens (primary N) is 1. The molecule has 0 aliphatic heterocycles. The Balaban J connectivity index is 2.68. The van der Waals surface area contributed by atoms with Crippen LogP contribution in [0.1, 0.15) is 0 Å². The van der Waals surface area contributed by atoms with Crippen LogP contribution in [-0.2, 0) is 0 Å². The highest BCUT2D eigenvalue weighted by atomic mass is 19.3. The fourth-order valence-electron chi connectivity index (χ4n) is 1.03. The number of benzene rings is 1. The van der Waals surface area contributed by atoms with E-state index in [1.54, 1.807) is 0 Å². The molecule has 1 aromatic rings. The average molecular weight is 231 g/mol. The Morgan fingerprint density at radius 3 is 2.75 bits per heavy atom. The van der Waals surface area contributed by atoms with Crippen LogP contribution in [0.2, 0.25) is 0 Å². The number of non-ortho nitro benzene ring substituents is 1. The lowest BCUT2D eigenvalue weighted by Crippen LogP contribution is -2.35. The predicted molar refractivity (Wildman–Crippen MR) is 55.6 cm³/mol. The van der Waals surface area contributed by atoms with Crippen LogP contribution in [0.25, 0.3) is 0 Å². The average Bonchev–Trinajstić information content (AvgIpc) is 2.27. The van der Waals surface area contributed by atoms with E-state index in [0.29, 0.717) is 0 Å². The number of hydrogen-bond acceptors (Lipinski definition) is 4. The molecular weight excluding hydrogens is 220 g/mol. The monoisotopic (exact) mass is 231 g/mol. The molecule has 0 aliphatic rings. The molecular formula is C9H11F2N3O2. The van der Waals surface area contributed by atoms with Crippen molar-refractivity contribution in [2.75, 3.05) is 18.4 Å². The maximum atomic E-state index is 12.8. The van der Waals surface area contributed by atoms with Gasteiger partial charge in [0.15, 0.2) is 0 Å². The normalized spacial score (nSPS) is 11.2. The molecule has 3 N–H and O–H groups in total. The smallest absolute Gasteiger partial charge is 0.276 e. The van der Waals surface area contributed by atoms with E-state index in [4.69, 9.17) is 5.73 Å². The Kier molecular flexibility index (Phi) is 3.73. The molecule has 0 bridgehead atoms. The van der Waals surface area contributed by atoms with Crippen molar-refractivity contribution in [3.05, 3.63) is 34.4 Å². The van der Waals surface area contributed by atoms with Crippen molar-refractivity contribution >= 4 is 11.4 Å². The first kappa shape index (κ1) is 12.3. The van der Waals surface area contributed by atoms with Gasteiger partial charge in [-0.15, -0.1) is 0 Å². The lowest BCUT2D eigenvalue weighted by molar-refractivity contribution is -0.384. The first-order valence-electron chi connectivity index (χ1n) is 4.51. The van der Waals surface area contributed by atoms with Crippen molar-refractivity contribution in [1.82, 2.24) is 0 Å². The Morgan fingerprint density at radius 2 is 2.19 bits per heavy atom. The summed E-state index contributed by atoms with van der Waals surface area (Å²) in [4.78, 5) is 9.83. The van der Waals surface area contributed by atoms with Gasteiger partial charge < -0.3 is 11.1 Å². The van der Waals surface area contributed by atoms with E-state index in [1.165, 1.54) is 24.3 Å². The van der Waals surface area contributed by atoms with Crippen LogP contribution >= 0.6 is 0 Å². The maximum absolute atomic E-state index is 12.8. The van der Waals surface area contributed by atoms with Gasteiger partial charge in [0.05, 0.1) is 18.0 Å². The van der Waals surface area contributed by atoms with Crippen LogP contribution in [0.3, 0.4) is 0 Å². The summed E-state index contributed by atoms with van der Waals surface area (Å²) in [6.07, 6.45) is 0. The number of anilines is 1. The number of hydrogen-bond donors (Lipinski definition) is 2. The molecule has 88 valence electrons. The Morgan fingerprint density at radius 1 is 1.50 bits per heavy atom. The van der Waals surface area contributed by atoms with Crippen LogP contribution in [0.5, 0.6) is 0 Å². The first-order valence-corrected chi connectivity index (χ1v) is 4.51. The minimum Gasteiger partial charge on any atom is -0.379 e. The molecule has 0 heterocycles. The molecule has 5 nitrogen and oxygen atoms in total. The second-order valence-electron chi connectivity index (χ2n) is 3.22. The van der Waals surface area contributed by atoms with Gasteiger partial charge in [-0.3, -0.25) is 10.1 Å². The summed E-state index contributed by atoms with van der Waals surface area (Å²) in [5.74, 6) is -3.02. The molecule has 16 heavy (non-hydrogen) atoms. The number of alkyl halides is 2. The third kappa shape index (κ3) is 3.43. The van der Waals surface area contributed by atoms with Gasteiger partial charge in [0.25, 0.3) is 11.6 Å². The van der Waals surface area contributed by atoms with Gasteiger partial charge in [-0.2, -0.15) is 0 Å². The molecule has 0 amide bonds. The highest BCUT2D eigenvalue weighted by molar-refractivity contribution is 5.51. The number of nitro benzene ring substituents is 1. The molecule has 0 atom stereocenters. The highest BCUT2D eigenvalue weighted by Crippen LogP contribution is 2.19. The molecule has 0 unspecified atom stereocenters. The standard InChI is InChI=1S/C9H11F2N3O2/c10-9(11,5-12)6-13-7-2-1-3-8(4-7)14(15)16/h1-4,13H,5-6,12H2. The highest BCUT2D eigenvalue weighted by Gasteiger charge is 2.26. The van der Waals surface area contributed by atoms with Gasteiger partial charge in [0.1, 0.15) is 0 Å². The van der Waals surface area contributed by atoms with Gasteiger partial charge in [-0.1, -0.05) is 6.07 Å². The number of halogens is 2. The lowest BCUT2D eigenvalue weighted by atomic mass is 10.2. The van der Waals surface area contributed by atoms with E-state index < -0.39 is 23.9 Å². The van der Waals surface area contributed by atoms with E-state index in [2.05, 4.69) is 5.32 Å². The Bertz CT molecular complexity index is 385. The molecule has 0 radical (unpaired) electrons. The van der Waals surface area contributed by atoms with Gasteiger partial charge in [0, 0.05) is 17.8 Å². The summed E-state index contributed by atoms with van der Waals surface area (Å²) in [6, 6.07) is 5.36. The van der Waals surface area contributed by atoms with Crippen molar-refractivity contribution < 1.29 is 13.7 Å². The second kappa shape index (κ2) is 4.84. The topological polar surface area (TPSA) is 81.2 Å². The van der Waals surface area contributed by atoms with Crippen LogP contribution in [-0.4, -0.2) is 23.9 Å². The van der Waals surface area contributed by atoms with Crippen molar-refractivity contribution in [2.45, 2.75) is 5.92 Å². The van der Waals surface area contributed by atoms with Gasteiger partial charge in [-0.25, -0.2) is 8.78 Å². The van der Waals surface area contributed by atoms with Gasteiger partial charge in [0.2, 0.25) is 0 Å². The van der Waals surface area contributed by atoms with Crippen molar-refractivity contribution in [2.24, 2.45) is 5.73 Å². The third-order valence-corrected chi connectivity index (χ3v) is 1.91. The number of rotatable bonds is 5. The largest absolute Gasteiger partial charge is 0.379 e. The quantitative estimate of drug-likeness (QED) is 0.595.